The minimum atomic E-state index is -0.367. The zero-order valence-electron chi connectivity index (χ0n) is 28.4. The van der Waals surface area contributed by atoms with Gasteiger partial charge < -0.3 is 15.8 Å². The Morgan fingerprint density at radius 1 is 1.06 bits per heavy atom. The van der Waals surface area contributed by atoms with Crippen LogP contribution >= 0.6 is 0 Å². The van der Waals surface area contributed by atoms with Crippen molar-refractivity contribution in [1.82, 2.24) is 20.1 Å². The van der Waals surface area contributed by atoms with Crippen LogP contribution in [0.2, 0.25) is 0 Å². The summed E-state index contributed by atoms with van der Waals surface area (Å²) in [4.78, 5) is 20.5. The number of hydrogen-bond donors (Lipinski definition) is 5. The lowest BCUT2D eigenvalue weighted by atomic mass is 9.85. The molecular weight excluding hydrogens is 588 g/mol. The number of amides is 2. The number of fused-ring (bicyclic) bond motifs is 1. The molecule has 0 spiro atoms. The molecule has 1 aliphatic heterocycles. The Hall–Kier alpha value is -4.70. The number of ether oxygens (including phenoxy) is 1. The lowest BCUT2D eigenvalue weighted by molar-refractivity contribution is 0.171. The lowest BCUT2D eigenvalue weighted by Gasteiger charge is -2.32. The molecule has 0 radical (unpaired) electrons. The summed E-state index contributed by atoms with van der Waals surface area (Å²) in [5, 5.41) is 23.4. The van der Waals surface area contributed by atoms with Crippen molar-refractivity contribution < 1.29 is 9.53 Å². The highest BCUT2D eigenvalue weighted by molar-refractivity contribution is 6.05. The van der Waals surface area contributed by atoms with Crippen molar-refractivity contribution in [2.24, 2.45) is 16.1 Å². The summed E-state index contributed by atoms with van der Waals surface area (Å²) in [6, 6.07) is 16.9. The highest BCUT2D eigenvalue weighted by Crippen LogP contribution is 2.38. The SMILES string of the molecule is Cc1ccc(C)c(N=C(C=C(N)C(C)(C)C)NC(=O)NC2CCC(Oc3ccc(=N)n(C(=N)[C@@H]4CCCN4C)c3)c3ccccc32)c1. The van der Waals surface area contributed by atoms with Gasteiger partial charge in [-0.05, 0) is 93.6 Å². The average Bonchev–Trinajstić information content (AvgIpc) is 3.45. The van der Waals surface area contributed by atoms with Crippen LogP contribution in [0.25, 0.3) is 0 Å². The van der Waals surface area contributed by atoms with Crippen molar-refractivity contribution in [2.75, 3.05) is 13.6 Å². The molecule has 2 aromatic carbocycles. The van der Waals surface area contributed by atoms with Gasteiger partial charge in [0.2, 0.25) is 0 Å². The standard InChI is InChI=1S/C37H48N8O2/c1-23-13-14-24(2)29(20-23)41-34(21-32(38)37(3,4)5)43-36(46)42-28-16-17-31(27-11-8-7-10-26(27)28)47-25-15-18-33(39)45(22-25)35(40)30-12-9-19-44(30)6/h7-8,10-11,13-15,18,20-22,28,30-31,39-40H,9,12,16-17,19,38H2,1-6H3,(H2,41,42,43,46)/t28?,30-,31?/m0/s1. The number of nitrogens with one attached hydrogen (secondary N) is 4. The number of benzene rings is 2. The zero-order valence-corrected chi connectivity index (χ0v) is 28.4. The van der Waals surface area contributed by atoms with Crippen LogP contribution in [0.4, 0.5) is 10.5 Å². The van der Waals surface area contributed by atoms with E-state index in [9.17, 15) is 4.79 Å². The van der Waals surface area contributed by atoms with Gasteiger partial charge in [-0.1, -0.05) is 57.2 Å². The fourth-order valence-electron chi connectivity index (χ4n) is 6.09. The van der Waals surface area contributed by atoms with Gasteiger partial charge in [0, 0.05) is 17.2 Å². The van der Waals surface area contributed by atoms with Gasteiger partial charge in [0.25, 0.3) is 0 Å². The van der Waals surface area contributed by atoms with Crippen molar-refractivity contribution in [3.8, 4) is 5.75 Å². The quantitative estimate of drug-likeness (QED) is 0.158. The Morgan fingerprint density at radius 3 is 2.51 bits per heavy atom. The van der Waals surface area contributed by atoms with E-state index < -0.39 is 0 Å². The van der Waals surface area contributed by atoms with Gasteiger partial charge in [-0.2, -0.15) is 0 Å². The van der Waals surface area contributed by atoms with Crippen molar-refractivity contribution >= 4 is 23.4 Å². The minimum Gasteiger partial charge on any atom is -0.484 e. The number of amidine groups is 1. The topological polar surface area (TPSA) is 145 Å². The molecule has 1 fully saturated rings. The number of nitrogens with two attached hydrogens (primary N) is 1. The number of nitrogens with zero attached hydrogens (tertiary/aromatic N) is 3. The molecule has 5 rings (SSSR count). The van der Waals surface area contributed by atoms with Gasteiger partial charge in [0.1, 0.15) is 29.0 Å². The zero-order chi connectivity index (χ0) is 33.9. The second-order valence-electron chi connectivity index (χ2n) is 13.7. The molecule has 10 heteroatoms. The number of likely N-dealkylation sites (tertiary alicyclic amines) is 1. The molecule has 1 aliphatic carbocycles. The first kappa shape index (κ1) is 33.7. The first-order valence-corrected chi connectivity index (χ1v) is 16.3. The molecule has 6 N–H and O–H groups in total. The molecule has 248 valence electrons. The van der Waals surface area contributed by atoms with Crippen LogP contribution in [0.15, 0.2) is 77.6 Å². The first-order chi connectivity index (χ1) is 22.3. The van der Waals surface area contributed by atoms with E-state index in [0.717, 1.165) is 47.3 Å². The summed E-state index contributed by atoms with van der Waals surface area (Å²) in [5.74, 6) is 1.36. The largest absolute Gasteiger partial charge is 0.484 e. The molecule has 1 aromatic heterocycles. The fraction of sp³-hybridized carbons (Fsp3) is 0.405. The van der Waals surface area contributed by atoms with E-state index in [1.807, 2.05) is 84.1 Å². The van der Waals surface area contributed by atoms with Crippen molar-refractivity contribution in [3.05, 3.63) is 100 Å². The Kier molecular flexibility index (Phi) is 10.0. The van der Waals surface area contributed by atoms with E-state index in [2.05, 4.69) is 15.5 Å². The van der Waals surface area contributed by atoms with Crippen LogP contribution < -0.4 is 26.6 Å². The maximum atomic E-state index is 13.5. The molecular formula is C37H48N8O2. The number of allylic oxidation sites excluding steroid dienone is 1. The summed E-state index contributed by atoms with van der Waals surface area (Å²) < 4.78 is 8.13. The van der Waals surface area contributed by atoms with Crippen LogP contribution in [0.1, 0.15) is 80.9 Å². The van der Waals surface area contributed by atoms with E-state index in [-0.39, 0.29) is 35.1 Å². The Labute approximate surface area is 277 Å². The fourth-order valence-corrected chi connectivity index (χ4v) is 6.09. The molecule has 1 saturated heterocycles. The van der Waals surface area contributed by atoms with Crippen molar-refractivity contribution in [1.29, 1.82) is 10.8 Å². The van der Waals surface area contributed by atoms with Gasteiger partial charge in [-0.25, -0.2) is 9.79 Å². The van der Waals surface area contributed by atoms with Gasteiger partial charge in [0.05, 0.1) is 24.0 Å². The number of aryl methyl sites for hydroxylation is 2. The molecule has 47 heavy (non-hydrogen) atoms. The van der Waals surface area contributed by atoms with Crippen molar-refractivity contribution in [3.63, 3.8) is 0 Å². The number of likely N-dealkylation sites (N-methyl/N-ethyl adjacent to an activating group) is 1. The number of carbonyl (C=O) groups is 1. The molecule has 2 aliphatic rings. The van der Waals surface area contributed by atoms with Gasteiger partial charge in [-0.15, -0.1) is 0 Å². The smallest absolute Gasteiger partial charge is 0.320 e. The maximum Gasteiger partial charge on any atom is 0.320 e. The Morgan fingerprint density at radius 2 is 1.81 bits per heavy atom. The Balaban J connectivity index is 1.34. The predicted molar refractivity (Wildman–Crippen MR) is 187 cm³/mol. The van der Waals surface area contributed by atoms with E-state index in [0.29, 0.717) is 36.0 Å². The number of pyridine rings is 1. The van der Waals surface area contributed by atoms with Crippen LogP contribution in [0.5, 0.6) is 5.75 Å². The molecule has 0 bridgehead atoms. The Bertz CT molecular complexity index is 1770. The summed E-state index contributed by atoms with van der Waals surface area (Å²) >= 11 is 0. The summed E-state index contributed by atoms with van der Waals surface area (Å²) in [6.45, 7) is 11.0. The van der Waals surface area contributed by atoms with E-state index in [1.165, 1.54) is 0 Å². The molecule has 2 unspecified atom stereocenters. The summed E-state index contributed by atoms with van der Waals surface area (Å²) in [7, 11) is 2.02. The second kappa shape index (κ2) is 14.0. The van der Waals surface area contributed by atoms with Crippen LogP contribution in [0.3, 0.4) is 0 Å². The first-order valence-electron chi connectivity index (χ1n) is 16.3. The average molecular weight is 637 g/mol. The molecule has 2 heterocycles. The van der Waals surface area contributed by atoms with Crippen LogP contribution in [-0.4, -0.2) is 46.8 Å². The van der Waals surface area contributed by atoms with Crippen molar-refractivity contribution in [2.45, 2.75) is 78.5 Å². The monoisotopic (exact) mass is 636 g/mol. The number of rotatable bonds is 6. The van der Waals surface area contributed by atoms with Gasteiger partial charge in [0.15, 0.2) is 0 Å². The third-order valence-electron chi connectivity index (χ3n) is 9.04. The van der Waals surface area contributed by atoms with Crippen LogP contribution in [-0.2, 0) is 0 Å². The maximum absolute atomic E-state index is 13.5. The van der Waals surface area contributed by atoms with E-state index in [4.69, 9.17) is 26.3 Å². The number of aliphatic imine (C=N–C) groups is 1. The number of urea groups is 1. The summed E-state index contributed by atoms with van der Waals surface area (Å²) in [5.41, 5.74) is 11.8. The molecule has 3 atom stereocenters. The van der Waals surface area contributed by atoms with E-state index >= 15 is 0 Å². The predicted octanol–water partition coefficient (Wildman–Crippen LogP) is 6.38. The number of carbonyl (C=O) groups excluding carboxylic acids is 1. The normalized spacial score (nSPS) is 20.4. The van der Waals surface area contributed by atoms with Gasteiger partial charge in [-0.3, -0.25) is 25.6 Å². The lowest BCUT2D eigenvalue weighted by Crippen LogP contribution is -2.42. The van der Waals surface area contributed by atoms with Crippen LogP contribution in [0, 0.1) is 30.1 Å². The van der Waals surface area contributed by atoms with Gasteiger partial charge >= 0.3 is 6.03 Å². The number of hydrogen-bond acceptors (Lipinski definition) is 7. The highest BCUT2D eigenvalue weighted by Gasteiger charge is 2.30. The third kappa shape index (κ3) is 8.00. The third-order valence-corrected chi connectivity index (χ3v) is 9.04. The van der Waals surface area contributed by atoms with E-state index in [1.54, 1.807) is 29.0 Å². The molecule has 0 saturated carbocycles. The summed E-state index contributed by atoms with van der Waals surface area (Å²) in [6.07, 6.45) is 6.54. The minimum absolute atomic E-state index is 0.0143. The highest BCUT2D eigenvalue weighted by atomic mass is 16.5. The molecule has 3 aromatic rings. The molecule has 10 nitrogen and oxygen atoms in total. The number of aromatic nitrogens is 1. The molecule has 2 amide bonds. The second-order valence-corrected chi connectivity index (χ2v) is 13.7.